The summed E-state index contributed by atoms with van der Waals surface area (Å²) in [6, 6.07) is 10.4. The van der Waals surface area contributed by atoms with Crippen molar-refractivity contribution in [3.05, 3.63) is 35.9 Å². The molecule has 0 bridgehead atoms. The van der Waals surface area contributed by atoms with Crippen molar-refractivity contribution in [3.8, 4) is 0 Å². The third-order valence-electron chi connectivity index (χ3n) is 2.19. The predicted molar refractivity (Wildman–Crippen MR) is 70.0 cm³/mol. The molecular formula is C13H20O2S. The third-order valence-corrected chi connectivity index (χ3v) is 3.24. The van der Waals surface area contributed by atoms with E-state index in [4.69, 9.17) is 9.84 Å². The summed E-state index contributed by atoms with van der Waals surface area (Å²) < 4.78 is 5.54. The van der Waals surface area contributed by atoms with Crippen LogP contribution in [-0.2, 0) is 11.2 Å². The van der Waals surface area contributed by atoms with E-state index in [-0.39, 0.29) is 6.61 Å². The Balaban J connectivity index is 1.89. The minimum absolute atomic E-state index is 0.277. The maximum absolute atomic E-state index is 8.58. The monoisotopic (exact) mass is 240 g/mol. The highest BCUT2D eigenvalue weighted by atomic mass is 32.2. The van der Waals surface area contributed by atoms with Crippen LogP contribution in [0.2, 0.25) is 0 Å². The predicted octanol–water partition coefficient (Wildman–Crippen LogP) is 2.36. The van der Waals surface area contributed by atoms with Crippen LogP contribution in [0.15, 0.2) is 30.3 Å². The van der Waals surface area contributed by atoms with E-state index in [1.807, 2.05) is 6.07 Å². The van der Waals surface area contributed by atoms with E-state index < -0.39 is 0 Å². The summed E-state index contributed by atoms with van der Waals surface area (Å²) in [6.07, 6.45) is 2.06. The van der Waals surface area contributed by atoms with Gasteiger partial charge in [0.25, 0.3) is 0 Å². The molecule has 0 aliphatic rings. The van der Waals surface area contributed by atoms with Crippen LogP contribution in [0.3, 0.4) is 0 Å². The largest absolute Gasteiger partial charge is 0.396 e. The highest BCUT2D eigenvalue weighted by Gasteiger charge is 1.93. The zero-order valence-corrected chi connectivity index (χ0v) is 10.4. The van der Waals surface area contributed by atoms with E-state index in [9.17, 15) is 0 Å². The van der Waals surface area contributed by atoms with Gasteiger partial charge in [-0.2, -0.15) is 11.8 Å². The van der Waals surface area contributed by atoms with Gasteiger partial charge in [-0.05, 0) is 24.2 Å². The SMILES string of the molecule is OCCSCCCOCCc1ccccc1. The van der Waals surface area contributed by atoms with Crippen LogP contribution in [-0.4, -0.2) is 36.4 Å². The molecule has 3 heteroatoms. The van der Waals surface area contributed by atoms with Crippen LogP contribution >= 0.6 is 11.8 Å². The molecule has 0 unspecified atom stereocenters. The molecule has 2 nitrogen and oxygen atoms in total. The highest BCUT2D eigenvalue weighted by molar-refractivity contribution is 7.99. The minimum Gasteiger partial charge on any atom is -0.396 e. The molecule has 0 spiro atoms. The lowest BCUT2D eigenvalue weighted by molar-refractivity contribution is 0.138. The Hall–Kier alpha value is -0.510. The van der Waals surface area contributed by atoms with Gasteiger partial charge >= 0.3 is 0 Å². The Kier molecular flexibility index (Phi) is 8.22. The van der Waals surface area contributed by atoms with Crippen molar-refractivity contribution in [3.63, 3.8) is 0 Å². The van der Waals surface area contributed by atoms with Crippen molar-refractivity contribution in [1.82, 2.24) is 0 Å². The minimum atomic E-state index is 0.277. The zero-order chi connectivity index (χ0) is 11.5. The van der Waals surface area contributed by atoms with Crippen LogP contribution in [0.4, 0.5) is 0 Å². The highest BCUT2D eigenvalue weighted by Crippen LogP contribution is 2.02. The molecule has 0 amide bonds. The number of rotatable bonds is 9. The zero-order valence-electron chi connectivity index (χ0n) is 9.60. The molecule has 1 N–H and O–H groups in total. The summed E-state index contributed by atoms with van der Waals surface area (Å²) in [6.45, 7) is 1.90. The van der Waals surface area contributed by atoms with Gasteiger partial charge in [-0.25, -0.2) is 0 Å². The van der Waals surface area contributed by atoms with Crippen molar-refractivity contribution in [2.24, 2.45) is 0 Å². The van der Waals surface area contributed by atoms with E-state index in [1.54, 1.807) is 11.8 Å². The summed E-state index contributed by atoms with van der Waals surface area (Å²) in [7, 11) is 0. The van der Waals surface area contributed by atoms with E-state index in [1.165, 1.54) is 5.56 Å². The van der Waals surface area contributed by atoms with Crippen molar-refractivity contribution in [2.45, 2.75) is 12.8 Å². The van der Waals surface area contributed by atoms with E-state index >= 15 is 0 Å². The normalized spacial score (nSPS) is 10.6. The summed E-state index contributed by atoms with van der Waals surface area (Å²) in [5.41, 5.74) is 1.33. The first-order valence-electron chi connectivity index (χ1n) is 5.74. The van der Waals surface area contributed by atoms with E-state index in [2.05, 4.69) is 24.3 Å². The molecule has 90 valence electrons. The first kappa shape index (κ1) is 13.6. The lowest BCUT2D eigenvalue weighted by atomic mass is 10.2. The number of benzene rings is 1. The number of thioether (sulfide) groups is 1. The molecule has 0 atom stereocenters. The van der Waals surface area contributed by atoms with Crippen molar-refractivity contribution < 1.29 is 9.84 Å². The van der Waals surface area contributed by atoms with Gasteiger partial charge in [0.2, 0.25) is 0 Å². The molecule has 1 aromatic carbocycles. The molecule has 1 rings (SSSR count). The summed E-state index contributed by atoms with van der Waals surface area (Å²) >= 11 is 1.78. The Morgan fingerprint density at radius 3 is 2.62 bits per heavy atom. The maximum Gasteiger partial charge on any atom is 0.0521 e. The molecule has 0 radical (unpaired) electrons. The number of ether oxygens (including phenoxy) is 1. The quantitative estimate of drug-likeness (QED) is 0.672. The van der Waals surface area contributed by atoms with Crippen molar-refractivity contribution in [1.29, 1.82) is 0 Å². The number of aliphatic hydroxyl groups is 1. The van der Waals surface area contributed by atoms with Crippen LogP contribution in [0, 0.1) is 0 Å². The Labute approximate surface area is 102 Å². The lowest BCUT2D eigenvalue weighted by Gasteiger charge is -2.04. The van der Waals surface area contributed by atoms with Gasteiger partial charge in [0.1, 0.15) is 0 Å². The molecule has 0 aliphatic carbocycles. The standard InChI is InChI=1S/C13H20O2S/c14-8-12-16-11-4-9-15-10-7-13-5-2-1-3-6-13/h1-3,5-6,14H,4,7-12H2. The topological polar surface area (TPSA) is 29.5 Å². The second-order valence-corrected chi connectivity index (χ2v) is 4.76. The van der Waals surface area contributed by atoms with Gasteiger partial charge in [0.05, 0.1) is 13.2 Å². The smallest absolute Gasteiger partial charge is 0.0521 e. The Bertz CT molecular complexity index is 251. The molecular weight excluding hydrogens is 220 g/mol. The van der Waals surface area contributed by atoms with Gasteiger partial charge in [0.15, 0.2) is 0 Å². The molecule has 0 saturated heterocycles. The molecule has 0 saturated carbocycles. The van der Waals surface area contributed by atoms with Gasteiger partial charge in [-0.15, -0.1) is 0 Å². The summed E-state index contributed by atoms with van der Waals surface area (Å²) in [5, 5.41) is 8.58. The fourth-order valence-corrected chi connectivity index (χ4v) is 2.02. The molecule has 0 heterocycles. The van der Waals surface area contributed by atoms with Crippen LogP contribution < -0.4 is 0 Å². The number of hydrogen-bond acceptors (Lipinski definition) is 3. The van der Waals surface area contributed by atoms with Crippen LogP contribution in [0.25, 0.3) is 0 Å². The number of aliphatic hydroxyl groups excluding tert-OH is 1. The van der Waals surface area contributed by atoms with Crippen LogP contribution in [0.1, 0.15) is 12.0 Å². The maximum atomic E-state index is 8.58. The van der Waals surface area contributed by atoms with Crippen molar-refractivity contribution >= 4 is 11.8 Å². The fraction of sp³-hybridized carbons (Fsp3) is 0.538. The average Bonchev–Trinajstić information content (AvgIpc) is 2.34. The van der Waals surface area contributed by atoms with Gasteiger partial charge in [0, 0.05) is 12.4 Å². The second kappa shape index (κ2) is 9.70. The lowest BCUT2D eigenvalue weighted by Crippen LogP contribution is -2.01. The van der Waals surface area contributed by atoms with Gasteiger partial charge < -0.3 is 9.84 Å². The third kappa shape index (κ3) is 6.88. The van der Waals surface area contributed by atoms with Crippen LogP contribution in [0.5, 0.6) is 0 Å². The molecule has 1 aromatic rings. The van der Waals surface area contributed by atoms with Crippen molar-refractivity contribution in [2.75, 3.05) is 31.3 Å². The van der Waals surface area contributed by atoms with Gasteiger partial charge in [-0.1, -0.05) is 30.3 Å². The second-order valence-electron chi connectivity index (χ2n) is 3.54. The Morgan fingerprint density at radius 1 is 1.06 bits per heavy atom. The van der Waals surface area contributed by atoms with E-state index in [0.717, 1.165) is 37.6 Å². The average molecular weight is 240 g/mol. The molecule has 0 aromatic heterocycles. The molecule has 0 fully saturated rings. The fourth-order valence-electron chi connectivity index (χ4n) is 1.37. The first-order valence-corrected chi connectivity index (χ1v) is 6.89. The number of hydrogen-bond donors (Lipinski definition) is 1. The van der Waals surface area contributed by atoms with Gasteiger partial charge in [-0.3, -0.25) is 0 Å². The Morgan fingerprint density at radius 2 is 1.88 bits per heavy atom. The summed E-state index contributed by atoms with van der Waals surface area (Å²) in [4.78, 5) is 0. The first-order chi connectivity index (χ1) is 7.93. The van der Waals surface area contributed by atoms with E-state index in [0.29, 0.717) is 0 Å². The molecule has 0 aliphatic heterocycles. The summed E-state index contributed by atoms with van der Waals surface area (Å²) in [5.74, 6) is 1.91. The molecule has 16 heavy (non-hydrogen) atoms.